The van der Waals surface area contributed by atoms with Crippen molar-refractivity contribution in [2.24, 2.45) is 16.5 Å². The van der Waals surface area contributed by atoms with E-state index in [1.54, 1.807) is 12.3 Å². The molecule has 3 rings (SSSR count). The van der Waals surface area contributed by atoms with Gasteiger partial charge in [0.25, 0.3) is 5.91 Å². The van der Waals surface area contributed by atoms with Crippen LogP contribution < -0.4 is 22.3 Å². The van der Waals surface area contributed by atoms with Gasteiger partial charge in [-0.3, -0.25) is 14.5 Å². The molecule has 0 atom stereocenters. The maximum atomic E-state index is 13.3. The highest BCUT2D eigenvalue weighted by molar-refractivity contribution is 6.20. The summed E-state index contributed by atoms with van der Waals surface area (Å²) in [6.07, 6.45) is 5.80. The van der Waals surface area contributed by atoms with Crippen molar-refractivity contribution in [1.82, 2.24) is 20.2 Å². The number of aromatic nitrogens is 2. The number of piperidine rings is 1. The summed E-state index contributed by atoms with van der Waals surface area (Å²) in [5, 5.41) is 12.6. The van der Waals surface area contributed by atoms with E-state index in [0.717, 1.165) is 11.6 Å². The van der Waals surface area contributed by atoms with E-state index in [-0.39, 0.29) is 29.1 Å². The number of aliphatic imine (C=N–C) groups is 1. The van der Waals surface area contributed by atoms with Crippen LogP contribution in [0, 0.1) is 17.3 Å². The third-order valence-corrected chi connectivity index (χ3v) is 5.51. The van der Waals surface area contributed by atoms with Gasteiger partial charge in [-0.15, -0.1) is 0 Å². The fraction of sp³-hybridized carbons (Fsp3) is 0.318. The molecule has 2 aromatic rings. The molecule has 1 aliphatic heterocycles. The second kappa shape index (κ2) is 10.5. The molecule has 0 radical (unpaired) electrons. The first-order valence-corrected chi connectivity index (χ1v) is 10.3. The van der Waals surface area contributed by atoms with Crippen LogP contribution in [0.15, 0.2) is 58.2 Å². The second-order valence-electron chi connectivity index (χ2n) is 7.85. The number of carbonyl (C=O) groups is 1. The smallest absolute Gasteiger partial charge is 0.253 e. The van der Waals surface area contributed by atoms with Crippen molar-refractivity contribution in [1.29, 1.82) is 5.26 Å². The van der Waals surface area contributed by atoms with E-state index in [0.29, 0.717) is 32.5 Å². The van der Waals surface area contributed by atoms with Crippen molar-refractivity contribution in [2.75, 3.05) is 13.1 Å². The molecule has 0 aliphatic carbocycles. The molecule has 3 heterocycles. The predicted octanol–water partition coefficient (Wildman–Crippen LogP) is 0.805. The number of amides is 1. The number of amidine groups is 1. The number of halogens is 1. The number of primary amides is 1. The molecular formula is C22H25FN8O2. The lowest BCUT2D eigenvalue weighted by Gasteiger charge is -2.41. The van der Waals surface area contributed by atoms with E-state index in [1.807, 2.05) is 0 Å². The van der Waals surface area contributed by atoms with Gasteiger partial charge in [0.2, 0.25) is 11.5 Å². The van der Waals surface area contributed by atoms with Crippen molar-refractivity contribution in [2.45, 2.75) is 31.3 Å². The Labute approximate surface area is 189 Å². The summed E-state index contributed by atoms with van der Waals surface area (Å²) in [6.45, 7) is 2.07. The monoisotopic (exact) mass is 452 g/mol. The molecule has 1 aliphatic rings. The van der Waals surface area contributed by atoms with Gasteiger partial charge in [0.1, 0.15) is 5.84 Å². The minimum absolute atomic E-state index is 0.0693. The van der Waals surface area contributed by atoms with Gasteiger partial charge in [-0.25, -0.2) is 9.98 Å². The van der Waals surface area contributed by atoms with Crippen LogP contribution in [-0.4, -0.2) is 45.2 Å². The van der Waals surface area contributed by atoms with E-state index in [2.05, 4.69) is 31.2 Å². The minimum atomic E-state index is -0.805. The molecule has 0 aromatic carbocycles. The fourth-order valence-electron chi connectivity index (χ4n) is 3.62. The zero-order valence-corrected chi connectivity index (χ0v) is 17.9. The Morgan fingerprint density at radius 1 is 1.36 bits per heavy atom. The highest BCUT2D eigenvalue weighted by atomic mass is 19.1. The summed E-state index contributed by atoms with van der Waals surface area (Å²) in [5.74, 6) is -1.71. The van der Waals surface area contributed by atoms with Crippen LogP contribution in [-0.2, 0) is 11.3 Å². The third-order valence-electron chi connectivity index (χ3n) is 5.51. The first-order valence-electron chi connectivity index (χ1n) is 10.3. The number of rotatable bonds is 8. The molecule has 0 bridgehead atoms. The summed E-state index contributed by atoms with van der Waals surface area (Å²) in [5.41, 5.74) is 11.8. The van der Waals surface area contributed by atoms with Crippen LogP contribution in [0.4, 0.5) is 10.1 Å². The standard InChI is InChI=1S/C22H25FN8O2/c23-18-11-16(3-8-27-18)30-20(25)17(21(26)33)13-29-22(4-7-24)5-9-31(10-6-22)14-15-1-2-19(32)28-12-15/h1-3,8,11-13,29H,4-6,9-10,14H2,(H2,26,33)(H,28,32)(H2,25,27,30)/b17-13+. The van der Waals surface area contributed by atoms with E-state index in [9.17, 15) is 19.2 Å². The van der Waals surface area contributed by atoms with E-state index in [4.69, 9.17) is 11.5 Å². The van der Waals surface area contributed by atoms with Crippen LogP contribution in [0.3, 0.4) is 0 Å². The Morgan fingerprint density at radius 3 is 2.73 bits per heavy atom. The predicted molar refractivity (Wildman–Crippen MR) is 120 cm³/mol. The summed E-state index contributed by atoms with van der Waals surface area (Å²) < 4.78 is 13.3. The van der Waals surface area contributed by atoms with E-state index < -0.39 is 17.4 Å². The van der Waals surface area contributed by atoms with Gasteiger partial charge in [0.05, 0.1) is 29.3 Å². The van der Waals surface area contributed by atoms with Crippen molar-refractivity contribution < 1.29 is 9.18 Å². The molecule has 10 nitrogen and oxygen atoms in total. The number of nitriles is 1. The Kier molecular flexibility index (Phi) is 7.53. The molecule has 0 saturated carbocycles. The fourth-order valence-corrected chi connectivity index (χ4v) is 3.62. The van der Waals surface area contributed by atoms with Gasteiger partial charge in [-0.05, 0) is 24.5 Å². The molecular weight excluding hydrogens is 427 g/mol. The molecule has 0 spiro atoms. The van der Waals surface area contributed by atoms with Crippen molar-refractivity contribution in [3.63, 3.8) is 0 Å². The van der Waals surface area contributed by atoms with Gasteiger partial charge in [-0.1, -0.05) is 6.07 Å². The highest BCUT2D eigenvalue weighted by Gasteiger charge is 2.34. The molecule has 33 heavy (non-hydrogen) atoms. The number of nitrogens with zero attached hydrogens (tertiary/aromatic N) is 4. The maximum absolute atomic E-state index is 13.3. The normalized spacial score (nSPS) is 16.7. The quantitative estimate of drug-likeness (QED) is 0.199. The van der Waals surface area contributed by atoms with Crippen molar-refractivity contribution >= 4 is 17.4 Å². The Balaban J connectivity index is 1.72. The molecule has 172 valence electrons. The summed E-state index contributed by atoms with van der Waals surface area (Å²) in [6, 6.07) is 7.99. The molecule has 6 N–H and O–H groups in total. The van der Waals surface area contributed by atoms with Gasteiger partial charge < -0.3 is 21.8 Å². The highest BCUT2D eigenvalue weighted by Crippen LogP contribution is 2.27. The number of hydrogen-bond donors (Lipinski definition) is 4. The van der Waals surface area contributed by atoms with Crippen LogP contribution in [0.1, 0.15) is 24.8 Å². The van der Waals surface area contributed by atoms with Gasteiger partial charge in [-0.2, -0.15) is 9.65 Å². The minimum Gasteiger partial charge on any atom is -0.384 e. The topological polar surface area (TPSA) is 166 Å². The molecule has 0 unspecified atom stereocenters. The molecule has 2 aromatic heterocycles. The van der Waals surface area contributed by atoms with E-state index >= 15 is 0 Å². The number of hydrogen-bond acceptors (Lipinski definition) is 7. The Hall–Kier alpha value is -4.04. The molecule has 1 amide bonds. The number of nitrogens with one attached hydrogen (secondary N) is 2. The molecule has 1 fully saturated rings. The first-order chi connectivity index (χ1) is 15.8. The summed E-state index contributed by atoms with van der Waals surface area (Å²) in [4.78, 5) is 35.6. The SMILES string of the molecule is N#CCC1(N/C=C(/C(N)=O)C(N)=Nc2ccnc(F)c2)CCN(Cc2ccc(=O)[nH]c2)CC1. The number of pyridine rings is 2. The van der Waals surface area contributed by atoms with Crippen molar-refractivity contribution in [3.05, 3.63) is 70.3 Å². The average molecular weight is 452 g/mol. The van der Waals surface area contributed by atoms with Crippen LogP contribution >= 0.6 is 0 Å². The molecule has 1 saturated heterocycles. The lowest BCUT2D eigenvalue weighted by atomic mass is 9.84. The number of aromatic amines is 1. The third kappa shape index (κ3) is 6.47. The zero-order valence-electron chi connectivity index (χ0n) is 17.9. The van der Waals surface area contributed by atoms with Crippen LogP contribution in [0.25, 0.3) is 0 Å². The number of H-pyrrole nitrogens is 1. The van der Waals surface area contributed by atoms with Crippen molar-refractivity contribution in [3.8, 4) is 6.07 Å². The number of nitrogens with two attached hydrogens (primary N) is 2. The van der Waals surface area contributed by atoms with Gasteiger partial charge in [0.15, 0.2) is 0 Å². The van der Waals surface area contributed by atoms with Gasteiger partial charge in [0, 0.05) is 50.4 Å². The summed E-state index contributed by atoms with van der Waals surface area (Å²) >= 11 is 0. The maximum Gasteiger partial charge on any atom is 0.253 e. The zero-order chi connectivity index (χ0) is 23.8. The van der Waals surface area contributed by atoms with Gasteiger partial charge >= 0.3 is 0 Å². The average Bonchev–Trinajstić information content (AvgIpc) is 2.77. The largest absolute Gasteiger partial charge is 0.384 e. The van der Waals surface area contributed by atoms with Crippen LogP contribution in [0.5, 0.6) is 0 Å². The first kappa shape index (κ1) is 23.6. The number of carbonyl (C=O) groups excluding carboxylic acids is 1. The summed E-state index contributed by atoms with van der Waals surface area (Å²) in [7, 11) is 0. The number of likely N-dealkylation sites (tertiary alicyclic amines) is 1. The Bertz CT molecular complexity index is 1140. The second-order valence-corrected chi connectivity index (χ2v) is 7.85. The van der Waals surface area contributed by atoms with E-state index in [1.165, 1.54) is 24.5 Å². The van der Waals surface area contributed by atoms with Crippen LogP contribution in [0.2, 0.25) is 0 Å². The Morgan fingerprint density at radius 2 is 2.12 bits per heavy atom. The lowest BCUT2D eigenvalue weighted by Crippen LogP contribution is -2.51. The lowest BCUT2D eigenvalue weighted by molar-refractivity contribution is -0.114. The molecule has 11 heteroatoms.